The van der Waals surface area contributed by atoms with Crippen LogP contribution in [0.4, 0.5) is 16.0 Å². The zero-order valence-corrected chi connectivity index (χ0v) is 23.0. The lowest BCUT2D eigenvalue weighted by Gasteiger charge is -2.37. The molecule has 0 atom stereocenters. The maximum Gasteiger partial charge on any atom is 0.243 e. The second-order valence-electron chi connectivity index (χ2n) is 9.82. The molecule has 3 N–H and O–H groups in total. The Morgan fingerprint density at radius 2 is 1.65 bits per heavy atom. The first kappa shape index (κ1) is 27.9. The monoisotopic (exact) mass is 560 g/mol. The summed E-state index contributed by atoms with van der Waals surface area (Å²) in [5.74, 6) is 0.0363. The van der Waals surface area contributed by atoms with Gasteiger partial charge in [-0.25, -0.2) is 22.8 Å². The highest BCUT2D eigenvalue weighted by Crippen LogP contribution is 2.27. The average molecular weight is 561 g/mol. The van der Waals surface area contributed by atoms with Gasteiger partial charge in [-0.1, -0.05) is 30.3 Å². The van der Waals surface area contributed by atoms with E-state index >= 15 is 0 Å². The summed E-state index contributed by atoms with van der Waals surface area (Å²) in [5.41, 5.74) is 9.16. The molecule has 0 radical (unpaired) electrons. The van der Waals surface area contributed by atoms with E-state index in [1.165, 1.54) is 17.7 Å². The Kier molecular flexibility index (Phi) is 8.81. The number of rotatable bonds is 10. The molecule has 2 heterocycles. The summed E-state index contributed by atoms with van der Waals surface area (Å²) in [6.07, 6.45) is 3.13. The van der Waals surface area contributed by atoms with Gasteiger partial charge >= 0.3 is 0 Å². The van der Waals surface area contributed by atoms with Crippen molar-refractivity contribution in [2.24, 2.45) is 5.73 Å². The number of nitrogens with two attached hydrogens (primary N) is 1. The second kappa shape index (κ2) is 12.6. The molecule has 0 unspecified atom stereocenters. The number of piperidine rings is 1. The molecular formula is C30H33FN6O2S. The van der Waals surface area contributed by atoms with Gasteiger partial charge in [0.05, 0.1) is 10.6 Å². The molecule has 3 aromatic carbocycles. The van der Waals surface area contributed by atoms with Gasteiger partial charge < -0.3 is 11.1 Å². The third-order valence-corrected chi connectivity index (χ3v) is 9.04. The van der Waals surface area contributed by atoms with Crippen molar-refractivity contribution in [3.8, 4) is 11.3 Å². The van der Waals surface area contributed by atoms with Gasteiger partial charge in [0, 0.05) is 56.2 Å². The van der Waals surface area contributed by atoms with Gasteiger partial charge in [0.15, 0.2) is 0 Å². The standard InChI is InChI=1S/C30H33FN6O2S/c31-25-8-6-24(7-9-25)29-14-18-33-30(35-29)34-26-10-12-28(13-11-26)40(38,39)37(21-17-32)27-15-19-36(20-16-27)22-23-4-2-1-3-5-23/h1-14,18,27H,15-17,19-22,32H2,(H,33,34,35). The van der Waals surface area contributed by atoms with E-state index in [2.05, 4.69) is 32.3 Å². The van der Waals surface area contributed by atoms with Crippen LogP contribution in [0.15, 0.2) is 96.0 Å². The highest BCUT2D eigenvalue weighted by Gasteiger charge is 2.33. The van der Waals surface area contributed by atoms with Crippen LogP contribution in [0.3, 0.4) is 0 Å². The Balaban J connectivity index is 1.25. The minimum atomic E-state index is -3.73. The van der Waals surface area contributed by atoms with Gasteiger partial charge in [-0.2, -0.15) is 4.31 Å². The van der Waals surface area contributed by atoms with E-state index in [0.29, 0.717) is 17.3 Å². The predicted octanol–water partition coefficient (Wildman–Crippen LogP) is 4.64. The van der Waals surface area contributed by atoms with Crippen molar-refractivity contribution in [2.45, 2.75) is 30.3 Å². The van der Waals surface area contributed by atoms with E-state index in [1.54, 1.807) is 53.0 Å². The zero-order chi connectivity index (χ0) is 28.0. The Hall–Kier alpha value is -3.70. The van der Waals surface area contributed by atoms with E-state index in [1.807, 2.05) is 18.2 Å². The number of sulfonamides is 1. The molecule has 8 nitrogen and oxygen atoms in total. The third-order valence-electron chi connectivity index (χ3n) is 7.08. The average Bonchev–Trinajstić information content (AvgIpc) is 2.98. The number of hydrogen-bond acceptors (Lipinski definition) is 7. The summed E-state index contributed by atoms with van der Waals surface area (Å²) >= 11 is 0. The summed E-state index contributed by atoms with van der Waals surface area (Å²) in [5, 5.41) is 3.12. The molecule has 10 heteroatoms. The largest absolute Gasteiger partial charge is 0.329 e. The first-order valence-electron chi connectivity index (χ1n) is 13.4. The van der Waals surface area contributed by atoms with Crippen LogP contribution in [0, 0.1) is 5.82 Å². The van der Waals surface area contributed by atoms with Crippen molar-refractivity contribution >= 4 is 21.7 Å². The highest BCUT2D eigenvalue weighted by molar-refractivity contribution is 7.89. The van der Waals surface area contributed by atoms with E-state index < -0.39 is 10.0 Å². The SMILES string of the molecule is NCCN(C1CCN(Cc2ccccc2)CC1)S(=O)(=O)c1ccc(Nc2nccc(-c3ccc(F)cc3)n2)cc1. The number of nitrogens with one attached hydrogen (secondary N) is 1. The van der Waals surface area contributed by atoms with Crippen molar-refractivity contribution < 1.29 is 12.8 Å². The van der Waals surface area contributed by atoms with E-state index in [0.717, 1.165) is 38.0 Å². The van der Waals surface area contributed by atoms with Crippen LogP contribution in [0.2, 0.25) is 0 Å². The van der Waals surface area contributed by atoms with Gasteiger partial charge in [0.1, 0.15) is 5.82 Å². The highest BCUT2D eigenvalue weighted by atomic mass is 32.2. The molecule has 4 aromatic rings. The van der Waals surface area contributed by atoms with Crippen LogP contribution in [-0.2, 0) is 16.6 Å². The molecule has 208 valence electrons. The van der Waals surface area contributed by atoms with Crippen LogP contribution in [0.1, 0.15) is 18.4 Å². The number of halogens is 1. The van der Waals surface area contributed by atoms with Crippen molar-refractivity contribution in [3.63, 3.8) is 0 Å². The van der Waals surface area contributed by atoms with Crippen LogP contribution >= 0.6 is 0 Å². The fourth-order valence-corrected chi connectivity index (χ4v) is 6.71. The molecule has 1 aliphatic rings. The molecule has 0 bridgehead atoms. The van der Waals surface area contributed by atoms with Crippen molar-refractivity contribution in [2.75, 3.05) is 31.5 Å². The van der Waals surface area contributed by atoms with Crippen molar-refractivity contribution in [1.29, 1.82) is 0 Å². The minimum absolute atomic E-state index is 0.0963. The fraction of sp³-hybridized carbons (Fsp3) is 0.267. The normalized spacial score (nSPS) is 14.9. The van der Waals surface area contributed by atoms with E-state index in [9.17, 15) is 12.8 Å². The van der Waals surface area contributed by atoms with Crippen LogP contribution in [-0.4, -0.2) is 59.8 Å². The predicted molar refractivity (Wildman–Crippen MR) is 155 cm³/mol. The maximum atomic E-state index is 13.7. The molecule has 1 aliphatic heterocycles. The molecule has 5 rings (SSSR count). The number of nitrogens with zero attached hydrogens (tertiary/aromatic N) is 4. The van der Waals surface area contributed by atoms with Gasteiger partial charge in [-0.3, -0.25) is 4.90 Å². The Morgan fingerprint density at radius 1 is 0.950 bits per heavy atom. The molecule has 0 aliphatic carbocycles. The lowest BCUT2D eigenvalue weighted by Crippen LogP contribution is -2.48. The lowest BCUT2D eigenvalue weighted by molar-refractivity contribution is 0.154. The van der Waals surface area contributed by atoms with Crippen LogP contribution in [0.25, 0.3) is 11.3 Å². The minimum Gasteiger partial charge on any atom is -0.329 e. The molecule has 1 aromatic heterocycles. The van der Waals surface area contributed by atoms with Gasteiger partial charge in [0.25, 0.3) is 0 Å². The molecular weight excluding hydrogens is 527 g/mol. The quantitative estimate of drug-likeness (QED) is 0.291. The van der Waals surface area contributed by atoms with Crippen molar-refractivity contribution in [3.05, 3.63) is 103 Å². The molecule has 1 fully saturated rings. The van der Waals surface area contributed by atoms with E-state index in [-0.39, 0.29) is 29.8 Å². The first-order valence-corrected chi connectivity index (χ1v) is 14.8. The summed E-state index contributed by atoms with van der Waals surface area (Å²) in [4.78, 5) is 11.3. The smallest absolute Gasteiger partial charge is 0.243 e. The third kappa shape index (κ3) is 6.71. The van der Waals surface area contributed by atoms with Crippen molar-refractivity contribution in [1.82, 2.24) is 19.2 Å². The topological polar surface area (TPSA) is 104 Å². The summed E-state index contributed by atoms with van der Waals surface area (Å²) in [6.45, 7) is 3.05. The number of hydrogen-bond donors (Lipinski definition) is 2. The Bertz CT molecular complexity index is 1490. The van der Waals surface area contributed by atoms with Gasteiger partial charge in [0.2, 0.25) is 16.0 Å². The number of benzene rings is 3. The summed E-state index contributed by atoms with van der Waals surface area (Å²) in [7, 11) is -3.73. The zero-order valence-electron chi connectivity index (χ0n) is 22.2. The van der Waals surface area contributed by atoms with E-state index in [4.69, 9.17) is 5.73 Å². The van der Waals surface area contributed by atoms with Gasteiger partial charge in [-0.05, 0) is 73.0 Å². The molecule has 40 heavy (non-hydrogen) atoms. The number of likely N-dealkylation sites (tertiary alicyclic amines) is 1. The number of aromatic nitrogens is 2. The van der Waals surface area contributed by atoms with Crippen LogP contribution < -0.4 is 11.1 Å². The molecule has 0 saturated carbocycles. The molecule has 1 saturated heterocycles. The fourth-order valence-electron chi connectivity index (χ4n) is 5.01. The lowest BCUT2D eigenvalue weighted by atomic mass is 10.0. The molecule has 0 amide bonds. The van der Waals surface area contributed by atoms with Crippen LogP contribution in [0.5, 0.6) is 0 Å². The number of anilines is 2. The molecule has 0 spiro atoms. The Labute approximate surface area is 234 Å². The van der Waals surface area contributed by atoms with Gasteiger partial charge in [-0.15, -0.1) is 0 Å². The first-order chi connectivity index (χ1) is 19.4. The second-order valence-corrected chi connectivity index (χ2v) is 11.7. The summed E-state index contributed by atoms with van der Waals surface area (Å²) < 4.78 is 42.2. The maximum absolute atomic E-state index is 13.7. The Morgan fingerprint density at radius 3 is 2.33 bits per heavy atom. The summed E-state index contributed by atoms with van der Waals surface area (Å²) in [6, 6.07) is 24.6.